The lowest BCUT2D eigenvalue weighted by Gasteiger charge is -2.29. The molecule has 1 aromatic heterocycles. The Kier molecular flexibility index (Phi) is 4.73. The number of rotatable bonds is 4. The Morgan fingerprint density at radius 1 is 1.33 bits per heavy atom. The molecule has 0 saturated heterocycles. The highest BCUT2D eigenvalue weighted by Gasteiger charge is 2.29. The van der Waals surface area contributed by atoms with Gasteiger partial charge in [-0.05, 0) is 18.2 Å². The monoisotopic (exact) mass is 367 g/mol. The van der Waals surface area contributed by atoms with Crippen molar-refractivity contribution in [3.63, 3.8) is 0 Å². The Labute approximate surface area is 146 Å². The van der Waals surface area contributed by atoms with E-state index in [2.05, 4.69) is 15.3 Å². The fourth-order valence-electron chi connectivity index (χ4n) is 2.47. The van der Waals surface area contributed by atoms with Gasteiger partial charge in [-0.2, -0.15) is 17.0 Å². The highest BCUT2D eigenvalue weighted by molar-refractivity contribution is 7.86. The maximum Gasteiger partial charge on any atom is 0.281 e. The van der Waals surface area contributed by atoms with Gasteiger partial charge in [0.15, 0.2) is 0 Å². The molecule has 0 amide bonds. The smallest absolute Gasteiger partial charge is 0.281 e. The molecule has 0 bridgehead atoms. The minimum absolute atomic E-state index is 0.285. The summed E-state index contributed by atoms with van der Waals surface area (Å²) in [6, 6.07) is 7.29. The van der Waals surface area contributed by atoms with E-state index in [9.17, 15) is 8.42 Å². The van der Waals surface area contributed by atoms with Gasteiger partial charge in [-0.1, -0.05) is 17.7 Å². The average Bonchev–Trinajstić information content (AvgIpc) is 2.54. The number of halogens is 1. The Bertz CT molecular complexity index is 857. The highest BCUT2D eigenvalue weighted by Crippen LogP contribution is 2.23. The molecule has 0 fully saturated rings. The van der Waals surface area contributed by atoms with Crippen molar-refractivity contribution in [2.24, 2.45) is 0 Å². The number of benzene rings is 1. The normalized spacial score (nSPS) is 15.3. The average molecular weight is 368 g/mol. The summed E-state index contributed by atoms with van der Waals surface area (Å²) in [5.41, 5.74) is 2.48. The largest absolute Gasteiger partial charge is 0.324 e. The molecule has 9 heteroatoms. The minimum atomic E-state index is -3.43. The van der Waals surface area contributed by atoms with Crippen molar-refractivity contribution in [3.05, 3.63) is 46.7 Å². The molecule has 0 radical (unpaired) electrons. The number of fused-ring (bicyclic) bond motifs is 1. The van der Waals surface area contributed by atoms with Crippen molar-refractivity contribution in [1.82, 2.24) is 18.6 Å². The number of nitrogens with zero attached hydrogens (tertiary/aromatic N) is 4. The van der Waals surface area contributed by atoms with Gasteiger partial charge in [0.25, 0.3) is 10.2 Å². The molecule has 7 nitrogen and oxygen atoms in total. The van der Waals surface area contributed by atoms with Crippen molar-refractivity contribution in [3.8, 4) is 0 Å². The lowest BCUT2D eigenvalue weighted by molar-refractivity contribution is 0.355. The molecule has 1 N–H and O–H groups in total. The summed E-state index contributed by atoms with van der Waals surface area (Å²) in [4.78, 5) is 8.78. The van der Waals surface area contributed by atoms with E-state index in [1.165, 1.54) is 22.7 Å². The molecule has 0 saturated carbocycles. The lowest BCUT2D eigenvalue weighted by Crippen LogP contribution is -2.43. The molecule has 1 aliphatic rings. The van der Waals surface area contributed by atoms with Crippen LogP contribution in [0.25, 0.3) is 0 Å². The summed E-state index contributed by atoms with van der Waals surface area (Å²) < 4.78 is 27.1. The molecule has 0 spiro atoms. The summed E-state index contributed by atoms with van der Waals surface area (Å²) in [6.07, 6.45) is 2.22. The van der Waals surface area contributed by atoms with E-state index in [4.69, 9.17) is 11.6 Å². The van der Waals surface area contributed by atoms with Crippen LogP contribution in [0.1, 0.15) is 11.3 Å². The summed E-state index contributed by atoms with van der Waals surface area (Å²) >= 11 is 5.96. The van der Waals surface area contributed by atoms with Gasteiger partial charge in [0, 0.05) is 56.1 Å². The van der Waals surface area contributed by atoms with Gasteiger partial charge in [0.2, 0.25) is 5.95 Å². The predicted octanol–water partition coefficient (Wildman–Crippen LogP) is 2.04. The van der Waals surface area contributed by atoms with Crippen LogP contribution < -0.4 is 5.32 Å². The molecule has 3 rings (SSSR count). The van der Waals surface area contributed by atoms with Crippen molar-refractivity contribution in [1.29, 1.82) is 0 Å². The maximum atomic E-state index is 12.2. The Morgan fingerprint density at radius 3 is 2.83 bits per heavy atom. The number of anilines is 2. The zero-order valence-corrected chi connectivity index (χ0v) is 15.0. The Hall–Kier alpha value is -1.74. The summed E-state index contributed by atoms with van der Waals surface area (Å²) in [5.74, 6) is 0.472. The van der Waals surface area contributed by atoms with Gasteiger partial charge < -0.3 is 5.32 Å². The van der Waals surface area contributed by atoms with E-state index < -0.39 is 10.2 Å². The van der Waals surface area contributed by atoms with E-state index in [1.54, 1.807) is 18.3 Å². The van der Waals surface area contributed by atoms with E-state index in [0.29, 0.717) is 23.9 Å². The molecule has 2 heterocycles. The van der Waals surface area contributed by atoms with Gasteiger partial charge in [-0.15, -0.1) is 0 Å². The van der Waals surface area contributed by atoms with E-state index >= 15 is 0 Å². The van der Waals surface area contributed by atoms with Crippen LogP contribution >= 0.6 is 11.6 Å². The first kappa shape index (κ1) is 17.1. The molecule has 1 aliphatic heterocycles. The van der Waals surface area contributed by atoms with Crippen LogP contribution in [0.3, 0.4) is 0 Å². The summed E-state index contributed by atoms with van der Waals surface area (Å²) in [7, 11) is -0.371. The third-order valence-electron chi connectivity index (χ3n) is 3.77. The van der Waals surface area contributed by atoms with E-state index in [1.807, 2.05) is 12.1 Å². The van der Waals surface area contributed by atoms with Crippen LogP contribution in [-0.4, -0.2) is 47.6 Å². The summed E-state index contributed by atoms with van der Waals surface area (Å²) in [5, 5.41) is 3.74. The van der Waals surface area contributed by atoms with Crippen molar-refractivity contribution in [2.45, 2.75) is 13.0 Å². The first-order valence-electron chi connectivity index (χ1n) is 7.41. The predicted molar refractivity (Wildman–Crippen MR) is 93.5 cm³/mol. The first-order chi connectivity index (χ1) is 11.4. The highest BCUT2D eigenvalue weighted by atomic mass is 35.5. The molecule has 1 aromatic carbocycles. The Morgan fingerprint density at radius 2 is 2.12 bits per heavy atom. The molecule has 2 aromatic rings. The lowest BCUT2D eigenvalue weighted by atomic mass is 10.1. The quantitative estimate of drug-likeness (QED) is 0.894. The van der Waals surface area contributed by atoms with Gasteiger partial charge in [0.05, 0.1) is 5.69 Å². The zero-order chi connectivity index (χ0) is 17.3. The van der Waals surface area contributed by atoms with Crippen molar-refractivity contribution in [2.75, 3.05) is 26.0 Å². The minimum Gasteiger partial charge on any atom is -0.324 e. The molecule has 24 heavy (non-hydrogen) atoms. The van der Waals surface area contributed by atoms with Gasteiger partial charge in [0.1, 0.15) is 0 Å². The third kappa shape index (κ3) is 3.51. The number of hydrogen-bond donors (Lipinski definition) is 1. The second kappa shape index (κ2) is 6.64. The van der Waals surface area contributed by atoms with Crippen LogP contribution in [0.15, 0.2) is 30.5 Å². The van der Waals surface area contributed by atoms with Gasteiger partial charge in [-0.3, -0.25) is 0 Å². The molecule has 0 unspecified atom stereocenters. The van der Waals surface area contributed by atoms with E-state index in [-0.39, 0.29) is 6.54 Å². The van der Waals surface area contributed by atoms with Crippen LogP contribution in [0.5, 0.6) is 0 Å². The fourth-order valence-corrected chi connectivity index (χ4v) is 3.75. The number of hydrogen-bond acceptors (Lipinski definition) is 5. The van der Waals surface area contributed by atoms with Crippen molar-refractivity contribution >= 4 is 33.4 Å². The third-order valence-corrected chi connectivity index (χ3v) is 5.89. The van der Waals surface area contributed by atoms with Crippen LogP contribution in [-0.2, 0) is 23.2 Å². The zero-order valence-electron chi connectivity index (χ0n) is 13.4. The van der Waals surface area contributed by atoms with Crippen LogP contribution in [0.4, 0.5) is 11.6 Å². The topological polar surface area (TPSA) is 78.4 Å². The standard InChI is InChI=1S/C15H18ClN5O2S/c1-20(2)24(22,23)21-7-6-14-11(10-21)9-17-15(19-14)18-13-5-3-4-12(16)8-13/h3-5,8-9H,6-7,10H2,1-2H3,(H,17,18,19). The van der Waals surface area contributed by atoms with Crippen LogP contribution in [0, 0.1) is 0 Å². The maximum absolute atomic E-state index is 12.2. The first-order valence-corrected chi connectivity index (χ1v) is 9.19. The fraction of sp³-hybridized carbons (Fsp3) is 0.333. The number of aromatic nitrogens is 2. The van der Waals surface area contributed by atoms with Gasteiger partial charge >= 0.3 is 0 Å². The van der Waals surface area contributed by atoms with E-state index in [0.717, 1.165) is 16.9 Å². The molecule has 128 valence electrons. The molecular weight excluding hydrogens is 350 g/mol. The van der Waals surface area contributed by atoms with Crippen molar-refractivity contribution < 1.29 is 8.42 Å². The second-order valence-electron chi connectivity index (χ2n) is 5.67. The van der Waals surface area contributed by atoms with Crippen LogP contribution in [0.2, 0.25) is 5.02 Å². The Balaban J connectivity index is 1.79. The molecular formula is C15H18ClN5O2S. The molecule has 0 aliphatic carbocycles. The van der Waals surface area contributed by atoms with Gasteiger partial charge in [-0.25, -0.2) is 9.97 Å². The SMILES string of the molecule is CN(C)S(=O)(=O)N1CCc2nc(Nc3cccc(Cl)c3)ncc2C1. The second-order valence-corrected chi connectivity index (χ2v) is 8.25. The summed E-state index contributed by atoms with van der Waals surface area (Å²) in [6.45, 7) is 0.689. The molecule has 0 atom stereocenters. The number of nitrogens with one attached hydrogen (secondary N) is 1.